The van der Waals surface area contributed by atoms with E-state index in [0.717, 1.165) is 19.3 Å². The molecule has 5 rings (SSSR count). The molecule has 0 aromatic heterocycles. The summed E-state index contributed by atoms with van der Waals surface area (Å²) >= 11 is 0. The lowest BCUT2D eigenvalue weighted by molar-refractivity contribution is 0.556. The Morgan fingerprint density at radius 3 is 1.02 bits per heavy atom. The molecule has 0 unspecified atom stereocenters. The van der Waals surface area contributed by atoms with Crippen molar-refractivity contribution in [2.45, 2.75) is 174 Å². The Labute approximate surface area is 289 Å². The molecule has 0 heterocycles. The number of allylic oxidation sites excluding steroid dienone is 8. The summed E-state index contributed by atoms with van der Waals surface area (Å²) in [6.45, 7) is 4.60. The minimum absolute atomic E-state index is 1.12. The molecule has 2 aromatic carbocycles. The molecule has 0 saturated heterocycles. The van der Waals surface area contributed by atoms with Gasteiger partial charge in [-0.3, -0.25) is 0 Å². The Bertz CT molecular complexity index is 1230. The molecule has 0 spiro atoms. The smallest absolute Gasteiger partial charge is 0.00139 e. The second-order valence-electron chi connectivity index (χ2n) is 15.1. The molecule has 0 aliphatic heterocycles. The van der Waals surface area contributed by atoms with E-state index in [1.54, 1.807) is 22.3 Å². The van der Waals surface area contributed by atoms with Gasteiger partial charge in [0.15, 0.2) is 0 Å². The van der Waals surface area contributed by atoms with Gasteiger partial charge in [0, 0.05) is 0 Å². The second-order valence-corrected chi connectivity index (χ2v) is 15.1. The molecule has 0 heteroatoms. The molecule has 47 heavy (non-hydrogen) atoms. The molecule has 0 atom stereocenters. The van der Waals surface area contributed by atoms with Gasteiger partial charge < -0.3 is 0 Å². The summed E-state index contributed by atoms with van der Waals surface area (Å²) in [6.07, 6.45) is 39.0. The third kappa shape index (κ3) is 11.2. The van der Waals surface area contributed by atoms with Gasteiger partial charge in [0.05, 0.1) is 0 Å². The Hall–Kier alpha value is -2.60. The number of hydrogen-bond acceptors (Lipinski definition) is 0. The molecular weight excluding hydrogens is 565 g/mol. The average Bonchev–Trinajstić information content (AvgIpc) is 3.78. The van der Waals surface area contributed by atoms with Crippen molar-refractivity contribution in [2.75, 3.05) is 0 Å². The maximum Gasteiger partial charge on any atom is -0.00139 e. The van der Waals surface area contributed by atoms with Crippen LogP contribution in [0.5, 0.6) is 0 Å². The van der Waals surface area contributed by atoms with E-state index < -0.39 is 0 Å². The third-order valence-corrected chi connectivity index (χ3v) is 11.2. The summed E-state index contributed by atoms with van der Waals surface area (Å²) in [7, 11) is 0. The fourth-order valence-corrected chi connectivity index (χ4v) is 8.20. The third-order valence-electron chi connectivity index (χ3n) is 11.2. The summed E-state index contributed by atoms with van der Waals surface area (Å²) in [5, 5.41) is 0. The summed E-state index contributed by atoms with van der Waals surface area (Å²) in [5.41, 5.74) is 15.4. The Morgan fingerprint density at radius 1 is 0.362 bits per heavy atom. The van der Waals surface area contributed by atoms with Crippen molar-refractivity contribution in [3.8, 4) is 0 Å². The SMILES string of the molecule is CCCCCCCCCCCCc1ccc(C2=CC3=C(C2)C2=C(C=C(c4ccc(CCCCCCCCCCCC)cc4)C2)C3)cc1. The first-order chi connectivity index (χ1) is 23.2. The van der Waals surface area contributed by atoms with E-state index in [2.05, 4.69) is 74.5 Å². The van der Waals surface area contributed by atoms with Gasteiger partial charge in [-0.1, -0.05) is 190 Å². The van der Waals surface area contributed by atoms with Gasteiger partial charge >= 0.3 is 0 Å². The van der Waals surface area contributed by atoms with Crippen LogP contribution in [0.1, 0.15) is 184 Å². The van der Waals surface area contributed by atoms with Gasteiger partial charge in [0.1, 0.15) is 0 Å². The van der Waals surface area contributed by atoms with E-state index in [1.807, 2.05) is 0 Å². The van der Waals surface area contributed by atoms with Gasteiger partial charge in [-0.25, -0.2) is 0 Å². The van der Waals surface area contributed by atoms with Gasteiger partial charge in [0.2, 0.25) is 0 Å². The van der Waals surface area contributed by atoms with Gasteiger partial charge in [-0.15, -0.1) is 0 Å². The summed E-state index contributed by atoms with van der Waals surface area (Å²) in [6, 6.07) is 19.2. The zero-order valence-electron chi connectivity index (χ0n) is 30.5. The molecule has 2 aromatic rings. The van der Waals surface area contributed by atoms with Crippen LogP contribution in [0.2, 0.25) is 0 Å². The number of hydrogen-bond donors (Lipinski definition) is 0. The molecule has 0 radical (unpaired) electrons. The minimum atomic E-state index is 1.12. The molecule has 0 N–H and O–H groups in total. The van der Waals surface area contributed by atoms with E-state index >= 15 is 0 Å². The second kappa shape index (κ2) is 20.0. The van der Waals surface area contributed by atoms with Crippen molar-refractivity contribution in [1.82, 2.24) is 0 Å². The zero-order valence-corrected chi connectivity index (χ0v) is 30.5. The minimum Gasteiger partial charge on any atom is -0.0654 e. The van der Waals surface area contributed by atoms with E-state index in [4.69, 9.17) is 0 Å². The van der Waals surface area contributed by atoms with E-state index in [-0.39, 0.29) is 0 Å². The van der Waals surface area contributed by atoms with Crippen LogP contribution >= 0.6 is 0 Å². The highest BCUT2D eigenvalue weighted by atomic mass is 14.4. The topological polar surface area (TPSA) is 0 Å². The molecule has 3 aliphatic rings. The number of fused-ring (bicyclic) bond motifs is 1. The summed E-state index contributed by atoms with van der Waals surface area (Å²) in [5.74, 6) is 0. The predicted octanol–water partition coefficient (Wildman–Crippen LogP) is 14.9. The average molecular weight is 631 g/mol. The Balaban J connectivity index is 0.964. The predicted molar refractivity (Wildman–Crippen MR) is 208 cm³/mol. The zero-order chi connectivity index (χ0) is 32.5. The van der Waals surface area contributed by atoms with Gasteiger partial charge in [0.25, 0.3) is 0 Å². The molecule has 0 fully saturated rings. The largest absolute Gasteiger partial charge is 0.0654 e. The lowest BCUT2D eigenvalue weighted by atomic mass is 9.94. The number of rotatable bonds is 24. The molecule has 0 amide bonds. The van der Waals surface area contributed by atoms with Crippen molar-refractivity contribution >= 4 is 11.1 Å². The van der Waals surface area contributed by atoms with Crippen molar-refractivity contribution in [2.24, 2.45) is 0 Å². The van der Waals surface area contributed by atoms with Gasteiger partial charge in [-0.05, 0) is 101 Å². The first-order valence-corrected chi connectivity index (χ1v) is 20.3. The number of benzene rings is 2. The Morgan fingerprint density at radius 2 is 0.681 bits per heavy atom. The van der Waals surface area contributed by atoms with Crippen LogP contribution in [0.4, 0.5) is 0 Å². The number of aryl methyl sites for hydroxylation is 2. The van der Waals surface area contributed by atoms with Gasteiger partial charge in [-0.2, -0.15) is 0 Å². The van der Waals surface area contributed by atoms with Crippen molar-refractivity contribution in [3.63, 3.8) is 0 Å². The van der Waals surface area contributed by atoms with Crippen LogP contribution in [-0.4, -0.2) is 0 Å². The first-order valence-electron chi connectivity index (χ1n) is 20.3. The van der Waals surface area contributed by atoms with Crippen LogP contribution in [0.3, 0.4) is 0 Å². The molecule has 0 bridgehead atoms. The summed E-state index contributed by atoms with van der Waals surface area (Å²) in [4.78, 5) is 0. The van der Waals surface area contributed by atoms with E-state index in [0.29, 0.717) is 0 Å². The van der Waals surface area contributed by atoms with Crippen molar-refractivity contribution in [3.05, 3.63) is 105 Å². The standard InChI is InChI=1S/C47H66/c1-3-5-7-9-11-13-15-17-19-21-23-38-25-29-40(30-26-38)42-33-44-35-45-34-43(37-47(45)46(44)36-42)41-31-27-39(28-32-41)24-22-20-18-16-14-12-10-8-6-4-2/h25-34H,3-24,35-37H2,1-2H3. The number of unbranched alkanes of at least 4 members (excludes halogenated alkanes) is 18. The molecule has 254 valence electrons. The van der Waals surface area contributed by atoms with Crippen LogP contribution < -0.4 is 0 Å². The lowest BCUT2D eigenvalue weighted by Gasteiger charge is -2.10. The van der Waals surface area contributed by atoms with E-state index in [1.165, 1.54) is 175 Å². The molecular formula is C47H66. The van der Waals surface area contributed by atoms with Crippen LogP contribution in [0.25, 0.3) is 11.1 Å². The van der Waals surface area contributed by atoms with Crippen LogP contribution in [0, 0.1) is 0 Å². The highest BCUT2D eigenvalue weighted by Crippen LogP contribution is 2.51. The quantitative estimate of drug-likeness (QED) is 0.101. The molecule has 0 nitrogen and oxygen atoms in total. The molecule has 3 aliphatic carbocycles. The highest BCUT2D eigenvalue weighted by molar-refractivity contribution is 5.85. The Kier molecular flexibility index (Phi) is 15.2. The highest BCUT2D eigenvalue weighted by Gasteiger charge is 2.31. The van der Waals surface area contributed by atoms with Crippen molar-refractivity contribution in [1.29, 1.82) is 0 Å². The maximum absolute atomic E-state index is 2.51. The summed E-state index contributed by atoms with van der Waals surface area (Å²) < 4.78 is 0. The van der Waals surface area contributed by atoms with E-state index in [9.17, 15) is 0 Å². The molecule has 0 saturated carbocycles. The monoisotopic (exact) mass is 631 g/mol. The normalized spacial score (nSPS) is 15.4. The first kappa shape index (κ1) is 35.7. The van der Waals surface area contributed by atoms with Crippen LogP contribution in [-0.2, 0) is 12.8 Å². The van der Waals surface area contributed by atoms with Crippen molar-refractivity contribution < 1.29 is 0 Å². The lowest BCUT2D eigenvalue weighted by Crippen LogP contribution is -1.91. The maximum atomic E-state index is 2.51. The fraction of sp³-hybridized carbons (Fsp3) is 0.574. The van der Waals surface area contributed by atoms with Crippen LogP contribution in [0.15, 0.2) is 83.0 Å². The fourth-order valence-electron chi connectivity index (χ4n) is 8.20.